The molecule has 4 nitrogen and oxygen atoms in total. The molecule has 0 heterocycles. The number of hydrogen-bond acceptors (Lipinski definition) is 3. The zero-order valence-corrected chi connectivity index (χ0v) is 15.2. The summed E-state index contributed by atoms with van der Waals surface area (Å²) in [6.07, 6.45) is 0. The third-order valence-electron chi connectivity index (χ3n) is 4.36. The minimum atomic E-state index is -0.428. The van der Waals surface area contributed by atoms with E-state index in [0.29, 0.717) is 17.7 Å². The number of nitrogens with zero attached hydrogens (tertiary/aromatic N) is 2. The molecule has 138 valence electrons. The van der Waals surface area contributed by atoms with E-state index in [4.69, 9.17) is 5.26 Å². The maximum absolute atomic E-state index is 13.1. The van der Waals surface area contributed by atoms with Gasteiger partial charge in [0.25, 0.3) is 5.91 Å². The number of hydrogen-bond donors (Lipinski definition) is 0. The van der Waals surface area contributed by atoms with E-state index in [2.05, 4.69) is 6.07 Å². The molecule has 3 aromatic carbocycles. The van der Waals surface area contributed by atoms with Gasteiger partial charge in [-0.1, -0.05) is 30.3 Å². The average Bonchev–Trinajstić information content (AvgIpc) is 2.73. The van der Waals surface area contributed by atoms with E-state index >= 15 is 0 Å². The molecular formula is C23H17FN2O2. The van der Waals surface area contributed by atoms with E-state index in [9.17, 15) is 14.0 Å². The number of carbonyl (C=O) groups excluding carboxylic acids is 2. The van der Waals surface area contributed by atoms with Gasteiger partial charge in [0.05, 0.1) is 17.2 Å². The van der Waals surface area contributed by atoms with Crippen LogP contribution >= 0.6 is 0 Å². The Morgan fingerprint density at radius 3 is 2.14 bits per heavy atom. The van der Waals surface area contributed by atoms with Crippen molar-refractivity contribution < 1.29 is 14.0 Å². The summed E-state index contributed by atoms with van der Waals surface area (Å²) in [5.41, 5.74) is 2.29. The minimum absolute atomic E-state index is 0.269. The van der Waals surface area contributed by atoms with Crippen LogP contribution in [-0.4, -0.2) is 23.6 Å². The van der Waals surface area contributed by atoms with Gasteiger partial charge in [-0.05, 0) is 48.0 Å². The fourth-order valence-corrected chi connectivity index (χ4v) is 2.86. The largest absolute Gasteiger partial charge is 0.337 e. The second-order valence-electron chi connectivity index (χ2n) is 6.35. The highest BCUT2D eigenvalue weighted by Crippen LogP contribution is 2.18. The van der Waals surface area contributed by atoms with Gasteiger partial charge in [0, 0.05) is 24.7 Å². The fraction of sp³-hybridized carbons (Fsp3) is 0.0870. The highest BCUT2D eigenvalue weighted by Gasteiger charge is 2.20. The lowest BCUT2D eigenvalue weighted by molar-refractivity contribution is 0.0780. The molecule has 0 aromatic heterocycles. The van der Waals surface area contributed by atoms with Gasteiger partial charge in [-0.25, -0.2) is 4.39 Å². The molecule has 0 radical (unpaired) electrons. The first-order valence-corrected chi connectivity index (χ1v) is 8.63. The summed E-state index contributed by atoms with van der Waals surface area (Å²) in [6, 6.07) is 20.8. The van der Waals surface area contributed by atoms with E-state index < -0.39 is 5.82 Å². The number of ketones is 1. The molecule has 5 heteroatoms. The lowest BCUT2D eigenvalue weighted by atomic mass is 9.97. The van der Waals surface area contributed by atoms with Gasteiger partial charge >= 0.3 is 0 Å². The second-order valence-corrected chi connectivity index (χ2v) is 6.35. The highest BCUT2D eigenvalue weighted by molar-refractivity contribution is 6.15. The van der Waals surface area contributed by atoms with Crippen LogP contribution in [0, 0.1) is 17.1 Å². The molecule has 0 aliphatic rings. The molecule has 28 heavy (non-hydrogen) atoms. The Morgan fingerprint density at radius 2 is 1.54 bits per heavy atom. The lowest BCUT2D eigenvalue weighted by Crippen LogP contribution is -2.28. The number of carbonyl (C=O) groups is 2. The third-order valence-corrected chi connectivity index (χ3v) is 4.36. The quantitative estimate of drug-likeness (QED) is 0.631. The van der Waals surface area contributed by atoms with Gasteiger partial charge < -0.3 is 4.90 Å². The molecule has 3 rings (SSSR count). The van der Waals surface area contributed by atoms with E-state index in [1.807, 2.05) is 0 Å². The number of rotatable bonds is 5. The first-order valence-electron chi connectivity index (χ1n) is 8.63. The number of nitriles is 1. The first kappa shape index (κ1) is 19.0. The van der Waals surface area contributed by atoms with Crippen molar-refractivity contribution in [2.24, 2.45) is 0 Å². The molecule has 0 spiro atoms. The molecule has 0 fully saturated rings. The number of benzene rings is 3. The van der Waals surface area contributed by atoms with Gasteiger partial charge in [-0.15, -0.1) is 0 Å². The van der Waals surface area contributed by atoms with Gasteiger partial charge in [0.15, 0.2) is 5.78 Å². The monoisotopic (exact) mass is 372 g/mol. The van der Waals surface area contributed by atoms with Crippen LogP contribution in [0.4, 0.5) is 4.39 Å². The van der Waals surface area contributed by atoms with Crippen molar-refractivity contribution in [3.05, 3.63) is 106 Å². The summed E-state index contributed by atoms with van der Waals surface area (Å²) in [4.78, 5) is 27.3. The smallest absolute Gasteiger partial charge is 0.254 e. The average molecular weight is 372 g/mol. The second kappa shape index (κ2) is 8.28. The Morgan fingerprint density at radius 1 is 0.929 bits per heavy atom. The van der Waals surface area contributed by atoms with Crippen molar-refractivity contribution in [1.29, 1.82) is 5.26 Å². The van der Waals surface area contributed by atoms with Crippen LogP contribution in [0.1, 0.15) is 37.4 Å². The van der Waals surface area contributed by atoms with E-state index in [1.165, 1.54) is 29.2 Å². The summed E-state index contributed by atoms with van der Waals surface area (Å²) in [5.74, 6) is -1.06. The van der Waals surface area contributed by atoms with E-state index in [0.717, 1.165) is 5.56 Å². The van der Waals surface area contributed by atoms with Gasteiger partial charge in [0.1, 0.15) is 5.82 Å². The van der Waals surface area contributed by atoms with Crippen molar-refractivity contribution in [2.45, 2.75) is 6.54 Å². The van der Waals surface area contributed by atoms with Crippen LogP contribution in [-0.2, 0) is 6.54 Å². The Hall–Kier alpha value is -3.78. The molecule has 0 atom stereocenters. The molecule has 0 saturated carbocycles. The van der Waals surface area contributed by atoms with Gasteiger partial charge in [-0.2, -0.15) is 5.26 Å². The van der Waals surface area contributed by atoms with Crippen LogP contribution in [0.15, 0.2) is 72.8 Å². The van der Waals surface area contributed by atoms with Crippen LogP contribution in [0.25, 0.3) is 0 Å². The maximum atomic E-state index is 13.1. The summed E-state index contributed by atoms with van der Waals surface area (Å²) >= 11 is 0. The topological polar surface area (TPSA) is 61.2 Å². The predicted octanol–water partition coefficient (Wildman–Crippen LogP) is 4.20. The van der Waals surface area contributed by atoms with Crippen molar-refractivity contribution in [2.75, 3.05) is 7.05 Å². The van der Waals surface area contributed by atoms with Crippen LogP contribution in [0.5, 0.6) is 0 Å². The maximum Gasteiger partial charge on any atom is 0.254 e. The van der Waals surface area contributed by atoms with E-state index in [1.54, 1.807) is 55.6 Å². The molecule has 1 amide bonds. The minimum Gasteiger partial charge on any atom is -0.337 e. The summed E-state index contributed by atoms with van der Waals surface area (Å²) < 4.78 is 13.1. The normalized spacial score (nSPS) is 10.2. The molecule has 0 aliphatic heterocycles. The van der Waals surface area contributed by atoms with Crippen LogP contribution in [0.2, 0.25) is 0 Å². The van der Waals surface area contributed by atoms with E-state index in [-0.39, 0.29) is 22.8 Å². The predicted molar refractivity (Wildman–Crippen MR) is 103 cm³/mol. The SMILES string of the molecule is CN(Cc1ccc(C#N)cc1)C(=O)c1ccccc1C(=O)c1ccc(F)cc1. The number of amides is 1. The Bertz CT molecular complexity index is 1050. The van der Waals surface area contributed by atoms with Crippen molar-refractivity contribution >= 4 is 11.7 Å². The molecule has 0 aliphatic carbocycles. The summed E-state index contributed by atoms with van der Waals surface area (Å²) in [6.45, 7) is 0.337. The highest BCUT2D eigenvalue weighted by atomic mass is 19.1. The zero-order chi connectivity index (χ0) is 20.1. The Labute approximate surface area is 162 Å². The summed E-state index contributed by atoms with van der Waals surface area (Å²) in [7, 11) is 1.65. The van der Waals surface area contributed by atoms with Crippen LogP contribution in [0.3, 0.4) is 0 Å². The Balaban J connectivity index is 1.84. The Kier molecular flexibility index (Phi) is 5.61. The molecular weight excluding hydrogens is 355 g/mol. The van der Waals surface area contributed by atoms with Gasteiger partial charge in [0.2, 0.25) is 0 Å². The number of halogens is 1. The standard InChI is InChI=1S/C23H17FN2O2/c1-26(15-17-8-6-16(14-25)7-9-17)23(28)21-5-3-2-4-20(21)22(27)18-10-12-19(24)13-11-18/h2-13H,15H2,1H3. The van der Waals surface area contributed by atoms with Gasteiger partial charge in [-0.3, -0.25) is 9.59 Å². The van der Waals surface area contributed by atoms with Crippen molar-refractivity contribution in [3.8, 4) is 6.07 Å². The third kappa shape index (κ3) is 4.13. The van der Waals surface area contributed by atoms with Crippen molar-refractivity contribution in [1.82, 2.24) is 4.90 Å². The molecule has 0 N–H and O–H groups in total. The van der Waals surface area contributed by atoms with Crippen molar-refractivity contribution in [3.63, 3.8) is 0 Å². The molecule has 0 saturated heterocycles. The fourth-order valence-electron chi connectivity index (χ4n) is 2.86. The lowest BCUT2D eigenvalue weighted by Gasteiger charge is -2.19. The first-order chi connectivity index (χ1) is 13.5. The molecule has 3 aromatic rings. The molecule has 0 bridgehead atoms. The van der Waals surface area contributed by atoms with Crippen LogP contribution < -0.4 is 0 Å². The summed E-state index contributed by atoms with van der Waals surface area (Å²) in [5, 5.41) is 8.87. The zero-order valence-electron chi connectivity index (χ0n) is 15.2. The molecule has 0 unspecified atom stereocenters.